The fourth-order valence-electron chi connectivity index (χ4n) is 8.18. The van der Waals surface area contributed by atoms with E-state index in [0.717, 1.165) is 23.9 Å². The maximum absolute atomic E-state index is 16.2. The minimum atomic E-state index is -3.43. The molecule has 0 unspecified atom stereocenters. The summed E-state index contributed by atoms with van der Waals surface area (Å²) in [6.07, 6.45) is 0.759. The Hall–Kier alpha value is -4.06. The van der Waals surface area contributed by atoms with Gasteiger partial charge in [0.25, 0.3) is 11.5 Å². The molecule has 2 N–H and O–H groups in total. The summed E-state index contributed by atoms with van der Waals surface area (Å²) in [5, 5.41) is 13.6. The van der Waals surface area contributed by atoms with Crippen molar-refractivity contribution < 1.29 is 23.5 Å². The lowest BCUT2D eigenvalue weighted by atomic mass is 9.82. The van der Waals surface area contributed by atoms with Gasteiger partial charge in [-0.05, 0) is 61.8 Å². The van der Waals surface area contributed by atoms with E-state index in [1.54, 1.807) is 29.0 Å². The highest BCUT2D eigenvalue weighted by atomic mass is 28.4. The molecule has 0 saturated carbocycles. The number of amides is 2. The van der Waals surface area contributed by atoms with Crippen molar-refractivity contribution >= 4 is 36.8 Å². The number of carbonyl (C=O) groups is 2. The van der Waals surface area contributed by atoms with E-state index in [-0.39, 0.29) is 43.0 Å². The van der Waals surface area contributed by atoms with Crippen molar-refractivity contribution in [1.82, 2.24) is 14.7 Å². The van der Waals surface area contributed by atoms with Crippen LogP contribution in [0.3, 0.4) is 0 Å². The van der Waals surface area contributed by atoms with Crippen molar-refractivity contribution in [2.45, 2.75) is 69.1 Å². The summed E-state index contributed by atoms with van der Waals surface area (Å²) < 4.78 is 24.4. The number of ether oxygens (including phenoxy) is 1. The van der Waals surface area contributed by atoms with Crippen LogP contribution in [0.25, 0.3) is 16.6 Å². The highest BCUT2D eigenvalue weighted by molar-refractivity contribution is 6.72. The molecule has 2 amide bonds. The number of anilines is 1. The van der Waals surface area contributed by atoms with Gasteiger partial charge in [-0.25, -0.2) is 4.68 Å². The van der Waals surface area contributed by atoms with Crippen LogP contribution in [0.15, 0.2) is 77.6 Å². The van der Waals surface area contributed by atoms with E-state index < -0.39 is 31.6 Å². The van der Waals surface area contributed by atoms with Crippen molar-refractivity contribution in [3.63, 3.8) is 0 Å². The van der Waals surface area contributed by atoms with Crippen molar-refractivity contribution in [2.24, 2.45) is 5.92 Å². The number of aliphatic hydroxyl groups excluding tert-OH is 1. The van der Waals surface area contributed by atoms with Crippen LogP contribution in [0.4, 0.5) is 9.80 Å². The second-order valence-electron chi connectivity index (χ2n) is 13.4. The van der Waals surface area contributed by atoms with Gasteiger partial charge in [-0.3, -0.25) is 19.5 Å². The summed E-state index contributed by atoms with van der Waals surface area (Å²) >= 11 is 0. The number of likely N-dealkylation sites (tertiary alicyclic amines) is 1. The number of rotatable bonds is 7. The highest BCUT2D eigenvalue weighted by Crippen LogP contribution is 2.60. The van der Waals surface area contributed by atoms with E-state index in [2.05, 4.69) is 5.10 Å². The molecule has 2 fully saturated rings. The number of aliphatic hydroxyl groups is 1. The second kappa shape index (κ2) is 11.3. The van der Waals surface area contributed by atoms with Crippen molar-refractivity contribution in [3.05, 3.63) is 94.3 Å². The number of hydrogen-bond acceptors (Lipinski definition) is 5. The zero-order chi connectivity index (χ0) is 32.4. The normalized spacial score (nSPS) is 26.1. The first-order chi connectivity index (χ1) is 22.0. The Morgan fingerprint density at radius 2 is 1.78 bits per heavy atom. The first-order valence-electron chi connectivity index (χ1n) is 16.0. The standard InChI is InChI=1S/C35H39FN4O5Si/c1-22-32(46(2,3)36)30(19-31(42)38-18-8-9-25(38)21-41)45-35(22)27-11-5-7-13-29(27)39(34(35)44)20-23-14-16-24(17-15-23)40-33(43)26-10-4-6-12-28(26)37-40/h4-7,10-17,22,25,30,32,37,41H,8-9,18-21H2,1-3H3/t22-,25+,30+,32-,35+/m1/s1. The maximum Gasteiger partial charge on any atom is 0.279 e. The molecule has 46 heavy (non-hydrogen) atoms. The fraction of sp³-hybridized carbons (Fsp3) is 0.400. The number of H-pyrrole nitrogens is 1. The van der Waals surface area contributed by atoms with Gasteiger partial charge in [0.2, 0.25) is 14.3 Å². The van der Waals surface area contributed by atoms with E-state index in [0.29, 0.717) is 28.9 Å². The molecule has 4 aromatic rings. The Morgan fingerprint density at radius 3 is 2.50 bits per heavy atom. The number of benzene rings is 3. The molecule has 0 radical (unpaired) electrons. The van der Waals surface area contributed by atoms with Crippen LogP contribution in [-0.2, 0) is 26.5 Å². The lowest BCUT2D eigenvalue weighted by Crippen LogP contribution is -2.45. The Balaban J connectivity index is 1.19. The lowest BCUT2D eigenvalue weighted by molar-refractivity contribution is -0.150. The molecule has 9 nitrogen and oxygen atoms in total. The number of para-hydroxylation sites is 2. The van der Waals surface area contributed by atoms with Gasteiger partial charge in [0.05, 0.1) is 54.0 Å². The summed E-state index contributed by atoms with van der Waals surface area (Å²) in [7, 11) is -3.43. The Morgan fingerprint density at radius 1 is 1.07 bits per heavy atom. The molecule has 3 aliphatic rings. The zero-order valence-corrected chi connectivity index (χ0v) is 27.3. The van der Waals surface area contributed by atoms with Crippen LogP contribution in [-0.4, -0.2) is 65.3 Å². The van der Waals surface area contributed by atoms with Crippen LogP contribution >= 0.6 is 0 Å². The lowest BCUT2D eigenvalue weighted by Gasteiger charge is -2.31. The molecular weight excluding hydrogens is 603 g/mol. The van der Waals surface area contributed by atoms with Gasteiger partial charge in [0.15, 0.2) is 5.60 Å². The minimum absolute atomic E-state index is 0.0301. The largest absolute Gasteiger partial charge is 0.394 e. The molecule has 3 aromatic carbocycles. The van der Waals surface area contributed by atoms with Gasteiger partial charge in [-0.2, -0.15) is 0 Å². The molecule has 0 bridgehead atoms. The van der Waals surface area contributed by atoms with E-state index >= 15 is 4.11 Å². The second-order valence-corrected chi connectivity index (χ2v) is 17.2. The van der Waals surface area contributed by atoms with Crippen LogP contribution in [0.5, 0.6) is 0 Å². The summed E-state index contributed by atoms with van der Waals surface area (Å²) in [5.74, 6) is -0.928. The average molecular weight is 643 g/mol. The molecule has 2 saturated heterocycles. The summed E-state index contributed by atoms with van der Waals surface area (Å²) in [4.78, 5) is 44.4. The topological polar surface area (TPSA) is 108 Å². The molecule has 11 heteroatoms. The molecule has 4 heterocycles. The molecule has 7 rings (SSSR count). The predicted octanol–water partition coefficient (Wildman–Crippen LogP) is 5.01. The monoisotopic (exact) mass is 642 g/mol. The van der Waals surface area contributed by atoms with E-state index in [1.165, 1.54) is 4.68 Å². The third kappa shape index (κ3) is 4.75. The number of aromatic nitrogens is 2. The molecular formula is C35H39FN4O5Si. The SMILES string of the molecule is C[C@@H]1[C@@H]([Si](C)(C)F)[C@H](CC(=O)N2CCC[C@H]2CO)O[C@@]12C(=O)N(Cc1ccc(-n3[nH]c4ccccc4c3=O)cc1)c1ccccc12. The van der Waals surface area contributed by atoms with Crippen LogP contribution < -0.4 is 10.5 Å². The Bertz CT molecular complexity index is 1870. The smallest absolute Gasteiger partial charge is 0.279 e. The van der Waals surface area contributed by atoms with E-state index in [1.807, 2.05) is 73.7 Å². The average Bonchev–Trinajstić information content (AvgIpc) is 3.78. The Labute approximate surface area is 267 Å². The summed E-state index contributed by atoms with van der Waals surface area (Å²) in [6, 6.07) is 22.1. The van der Waals surface area contributed by atoms with Gasteiger partial charge in [-0.15, -0.1) is 0 Å². The molecule has 0 aliphatic carbocycles. The number of nitrogens with zero attached hydrogens (tertiary/aromatic N) is 3. The summed E-state index contributed by atoms with van der Waals surface area (Å²) in [6.45, 7) is 5.85. The predicted molar refractivity (Wildman–Crippen MR) is 176 cm³/mol. The maximum atomic E-state index is 16.2. The number of fused-ring (bicyclic) bond motifs is 3. The molecule has 5 atom stereocenters. The zero-order valence-electron chi connectivity index (χ0n) is 26.3. The first kappa shape index (κ1) is 30.6. The van der Waals surface area contributed by atoms with Crippen molar-refractivity contribution in [1.29, 1.82) is 0 Å². The molecule has 1 spiro atoms. The van der Waals surface area contributed by atoms with Crippen LogP contribution in [0, 0.1) is 5.92 Å². The van der Waals surface area contributed by atoms with Gasteiger partial charge in [-0.1, -0.05) is 49.4 Å². The number of carbonyl (C=O) groups excluding carboxylic acids is 2. The van der Waals surface area contributed by atoms with Crippen LogP contribution in [0.1, 0.15) is 37.3 Å². The van der Waals surface area contributed by atoms with Crippen molar-refractivity contribution in [3.8, 4) is 5.69 Å². The van der Waals surface area contributed by atoms with Gasteiger partial charge >= 0.3 is 0 Å². The Kier molecular flexibility index (Phi) is 7.53. The minimum Gasteiger partial charge on any atom is -0.394 e. The quantitative estimate of drug-likeness (QED) is 0.218. The number of halogens is 1. The molecule has 1 aromatic heterocycles. The van der Waals surface area contributed by atoms with Gasteiger partial charge in [0, 0.05) is 23.6 Å². The van der Waals surface area contributed by atoms with Gasteiger partial charge < -0.3 is 23.8 Å². The highest BCUT2D eigenvalue weighted by Gasteiger charge is 2.67. The fourth-order valence-corrected chi connectivity index (χ4v) is 10.7. The molecule has 240 valence electrons. The third-order valence-electron chi connectivity index (χ3n) is 10.3. The summed E-state index contributed by atoms with van der Waals surface area (Å²) in [5.41, 5.74) is 1.54. The number of hydrogen-bond donors (Lipinski definition) is 2. The van der Waals surface area contributed by atoms with Crippen LogP contribution in [0.2, 0.25) is 18.6 Å². The number of aromatic amines is 1. The van der Waals surface area contributed by atoms with Gasteiger partial charge in [0.1, 0.15) is 0 Å². The molecule has 3 aliphatic heterocycles. The van der Waals surface area contributed by atoms with Crippen molar-refractivity contribution in [2.75, 3.05) is 18.1 Å². The van der Waals surface area contributed by atoms with E-state index in [9.17, 15) is 19.5 Å². The first-order valence-corrected chi connectivity index (χ1v) is 19.0. The van der Waals surface area contributed by atoms with E-state index in [4.69, 9.17) is 4.74 Å². The number of nitrogens with one attached hydrogen (secondary N) is 1. The third-order valence-corrected chi connectivity index (χ3v) is 12.7.